The van der Waals surface area contributed by atoms with E-state index >= 15 is 0 Å². The summed E-state index contributed by atoms with van der Waals surface area (Å²) in [6, 6.07) is 25.4. The molecule has 0 unspecified atom stereocenters. The lowest BCUT2D eigenvalue weighted by molar-refractivity contribution is -0.115. The Morgan fingerprint density at radius 2 is 1.91 bits per heavy atom. The monoisotopic (exact) mass is 478 g/mol. The van der Waals surface area contributed by atoms with Crippen molar-refractivity contribution >= 4 is 34.3 Å². The Morgan fingerprint density at radius 1 is 1.09 bits per heavy atom. The zero-order chi connectivity index (χ0) is 24.2. The van der Waals surface area contributed by atoms with E-state index in [0.717, 1.165) is 33.5 Å². The number of anilines is 1. The van der Waals surface area contributed by atoms with E-state index in [2.05, 4.69) is 51.7 Å². The van der Waals surface area contributed by atoms with Gasteiger partial charge in [-0.1, -0.05) is 54.2 Å². The predicted octanol–water partition coefficient (Wildman–Crippen LogP) is 5.72. The lowest BCUT2D eigenvalue weighted by Gasteiger charge is -2.11. The van der Waals surface area contributed by atoms with Crippen molar-refractivity contribution in [1.82, 2.24) is 19.7 Å². The zero-order valence-corrected chi connectivity index (χ0v) is 19.8. The second kappa shape index (κ2) is 9.87. The molecule has 8 heteroatoms. The number of aromatic amines is 1. The fraction of sp³-hybridized carbons (Fsp3) is 0.111. The highest BCUT2D eigenvalue weighted by molar-refractivity contribution is 7.99. The van der Waals surface area contributed by atoms with E-state index in [0.29, 0.717) is 22.2 Å². The molecule has 0 saturated carbocycles. The first kappa shape index (κ1) is 22.4. The summed E-state index contributed by atoms with van der Waals surface area (Å²) in [7, 11) is 0. The van der Waals surface area contributed by atoms with Gasteiger partial charge in [0.1, 0.15) is 6.07 Å². The maximum atomic E-state index is 12.5. The van der Waals surface area contributed by atoms with Gasteiger partial charge in [-0.15, -0.1) is 10.2 Å². The van der Waals surface area contributed by atoms with Gasteiger partial charge in [0, 0.05) is 40.5 Å². The molecule has 0 spiro atoms. The highest BCUT2D eigenvalue weighted by Gasteiger charge is 2.19. The molecule has 172 valence electrons. The number of nitrogens with zero attached hydrogens (tertiary/aromatic N) is 4. The molecule has 0 bridgehead atoms. The summed E-state index contributed by atoms with van der Waals surface area (Å²) in [4.78, 5) is 15.8. The fourth-order valence-electron chi connectivity index (χ4n) is 3.93. The maximum Gasteiger partial charge on any atom is 0.225 e. The van der Waals surface area contributed by atoms with Crippen molar-refractivity contribution in [2.75, 3.05) is 11.1 Å². The van der Waals surface area contributed by atoms with E-state index in [1.165, 1.54) is 11.8 Å². The first-order valence-corrected chi connectivity index (χ1v) is 12.1. The van der Waals surface area contributed by atoms with Gasteiger partial charge in [0.05, 0.1) is 11.3 Å². The number of fused-ring (bicyclic) bond motifs is 1. The summed E-state index contributed by atoms with van der Waals surface area (Å²) in [6.45, 7) is 2.05. The summed E-state index contributed by atoms with van der Waals surface area (Å²) < 4.78 is 2.04. The minimum absolute atomic E-state index is 0.154. The number of hydrogen-bond acceptors (Lipinski definition) is 5. The van der Waals surface area contributed by atoms with E-state index in [-0.39, 0.29) is 12.3 Å². The zero-order valence-electron chi connectivity index (χ0n) is 19.0. The number of H-pyrrole nitrogens is 1. The predicted molar refractivity (Wildman–Crippen MR) is 139 cm³/mol. The van der Waals surface area contributed by atoms with Crippen LogP contribution in [0.25, 0.3) is 28.0 Å². The van der Waals surface area contributed by atoms with Crippen LogP contribution in [0.1, 0.15) is 17.5 Å². The maximum absolute atomic E-state index is 12.5. The first-order chi connectivity index (χ1) is 17.1. The Bertz CT molecular complexity index is 1560. The number of aromatic nitrogens is 4. The SMILES string of the molecule is Cc1cccc(-n2c(SCCC(=O)Nc3ccccc3C#N)nnc2-c2c[nH]c3ccccc23)c1. The quantitative estimate of drug-likeness (QED) is 0.292. The van der Waals surface area contributed by atoms with Gasteiger partial charge in [-0.3, -0.25) is 9.36 Å². The number of rotatable bonds is 7. The van der Waals surface area contributed by atoms with Gasteiger partial charge >= 0.3 is 0 Å². The van der Waals surface area contributed by atoms with E-state index in [4.69, 9.17) is 0 Å². The highest BCUT2D eigenvalue weighted by atomic mass is 32.2. The molecule has 0 saturated heterocycles. The number of benzene rings is 3. The molecule has 0 fully saturated rings. The van der Waals surface area contributed by atoms with Crippen molar-refractivity contribution in [2.24, 2.45) is 0 Å². The summed E-state index contributed by atoms with van der Waals surface area (Å²) in [5.74, 6) is 1.10. The Labute approximate surface area is 206 Å². The molecule has 0 aliphatic rings. The van der Waals surface area contributed by atoms with E-state index < -0.39 is 0 Å². The number of hydrogen-bond donors (Lipinski definition) is 2. The fourth-order valence-corrected chi connectivity index (χ4v) is 4.82. The molecular weight excluding hydrogens is 456 g/mol. The van der Waals surface area contributed by atoms with Crippen LogP contribution in [0.4, 0.5) is 5.69 Å². The van der Waals surface area contributed by atoms with Crippen molar-refractivity contribution in [3.63, 3.8) is 0 Å². The normalized spacial score (nSPS) is 10.9. The van der Waals surface area contributed by atoms with Crippen LogP contribution in [-0.2, 0) is 4.79 Å². The third-order valence-electron chi connectivity index (χ3n) is 5.61. The molecule has 3 aromatic carbocycles. The van der Waals surface area contributed by atoms with Crippen LogP contribution in [0.3, 0.4) is 0 Å². The number of aryl methyl sites for hydroxylation is 1. The van der Waals surface area contributed by atoms with Gasteiger partial charge in [-0.2, -0.15) is 5.26 Å². The van der Waals surface area contributed by atoms with E-state index in [1.807, 2.05) is 41.1 Å². The second-order valence-electron chi connectivity index (χ2n) is 8.03. The van der Waals surface area contributed by atoms with Gasteiger partial charge in [0.2, 0.25) is 5.91 Å². The van der Waals surface area contributed by atoms with Crippen LogP contribution >= 0.6 is 11.8 Å². The average Bonchev–Trinajstić information content (AvgIpc) is 3.48. The smallest absolute Gasteiger partial charge is 0.225 e. The van der Waals surface area contributed by atoms with Crippen LogP contribution < -0.4 is 5.32 Å². The van der Waals surface area contributed by atoms with Crippen molar-refractivity contribution in [1.29, 1.82) is 5.26 Å². The molecule has 1 amide bonds. The molecule has 0 radical (unpaired) electrons. The van der Waals surface area contributed by atoms with Crippen molar-refractivity contribution < 1.29 is 4.79 Å². The van der Waals surface area contributed by atoms with Gasteiger partial charge < -0.3 is 10.3 Å². The third kappa shape index (κ3) is 4.67. The second-order valence-corrected chi connectivity index (χ2v) is 9.09. The van der Waals surface area contributed by atoms with Crippen molar-refractivity contribution in [3.05, 3.63) is 90.1 Å². The molecule has 2 heterocycles. The standard InChI is InChI=1S/C27H22N6OS/c1-18-7-6-9-20(15-18)33-26(22-17-29-24-12-5-3-10-21(22)24)31-32-27(33)35-14-13-25(34)30-23-11-4-2-8-19(23)16-28/h2-12,15,17,29H,13-14H2,1H3,(H,30,34). The Morgan fingerprint density at radius 3 is 2.77 bits per heavy atom. The van der Waals surface area contributed by atoms with Gasteiger partial charge in [0.25, 0.3) is 0 Å². The number of amides is 1. The molecule has 7 nitrogen and oxygen atoms in total. The number of nitriles is 1. The number of thioether (sulfide) groups is 1. The molecule has 0 atom stereocenters. The van der Waals surface area contributed by atoms with Crippen LogP contribution in [-0.4, -0.2) is 31.4 Å². The lowest BCUT2D eigenvalue weighted by Crippen LogP contribution is -2.13. The lowest BCUT2D eigenvalue weighted by atomic mass is 10.1. The minimum atomic E-state index is -0.154. The van der Waals surface area contributed by atoms with Gasteiger partial charge in [-0.25, -0.2) is 0 Å². The molecule has 35 heavy (non-hydrogen) atoms. The molecule has 5 rings (SSSR count). The molecule has 0 aliphatic heterocycles. The summed E-state index contributed by atoms with van der Waals surface area (Å²) in [5, 5.41) is 22.9. The number of carbonyl (C=O) groups excluding carboxylic acids is 1. The molecule has 2 aromatic heterocycles. The average molecular weight is 479 g/mol. The number of carbonyl (C=O) groups is 1. The van der Waals surface area contributed by atoms with Crippen LogP contribution in [0.2, 0.25) is 0 Å². The van der Waals surface area contributed by atoms with Crippen LogP contribution in [0, 0.1) is 18.3 Å². The summed E-state index contributed by atoms with van der Waals surface area (Å²) >= 11 is 1.47. The molecule has 5 aromatic rings. The van der Waals surface area contributed by atoms with E-state index in [1.54, 1.807) is 24.3 Å². The molecule has 2 N–H and O–H groups in total. The summed E-state index contributed by atoms with van der Waals surface area (Å²) in [5.41, 5.74) is 5.06. The first-order valence-electron chi connectivity index (χ1n) is 11.1. The molecular formula is C27H22N6OS. The number of para-hydroxylation sites is 2. The van der Waals surface area contributed by atoms with Crippen LogP contribution in [0.5, 0.6) is 0 Å². The van der Waals surface area contributed by atoms with Gasteiger partial charge in [0.15, 0.2) is 11.0 Å². The minimum Gasteiger partial charge on any atom is -0.360 e. The Kier molecular flexibility index (Phi) is 6.33. The van der Waals surface area contributed by atoms with Crippen LogP contribution in [0.15, 0.2) is 84.1 Å². The van der Waals surface area contributed by atoms with Crippen molar-refractivity contribution in [3.8, 4) is 23.1 Å². The summed E-state index contributed by atoms with van der Waals surface area (Å²) in [6.07, 6.45) is 2.23. The topological polar surface area (TPSA) is 99.4 Å². The Hall–Kier alpha value is -4.35. The Balaban J connectivity index is 1.40. The molecule has 0 aliphatic carbocycles. The van der Waals surface area contributed by atoms with Crippen molar-refractivity contribution in [2.45, 2.75) is 18.5 Å². The number of nitrogens with one attached hydrogen (secondary N) is 2. The van der Waals surface area contributed by atoms with Gasteiger partial charge in [-0.05, 0) is 42.8 Å². The largest absolute Gasteiger partial charge is 0.360 e. The van der Waals surface area contributed by atoms with E-state index in [9.17, 15) is 10.1 Å². The highest BCUT2D eigenvalue weighted by Crippen LogP contribution is 2.32. The third-order valence-corrected chi connectivity index (χ3v) is 6.54.